The van der Waals surface area contributed by atoms with Crippen molar-refractivity contribution in [3.8, 4) is 0 Å². The van der Waals surface area contributed by atoms with E-state index in [-0.39, 0.29) is 18.1 Å². The highest BCUT2D eigenvalue weighted by atomic mass is 32.2. The van der Waals surface area contributed by atoms with Gasteiger partial charge >= 0.3 is 0 Å². The standard InChI is InChI=1S/C18H21N3O4S/c1-14(22)19-15-7-6-8-16(13-15)20-18(23)11-12-26(24,25)21(2)17-9-4-3-5-10-17/h3-10,13H,11-12H2,1-2H3,(H,19,22)(H,20,23). The molecule has 0 unspecified atom stereocenters. The Labute approximate surface area is 153 Å². The van der Waals surface area contributed by atoms with E-state index in [4.69, 9.17) is 0 Å². The van der Waals surface area contributed by atoms with Crippen molar-refractivity contribution >= 4 is 38.9 Å². The average molecular weight is 375 g/mol. The third-order valence-corrected chi connectivity index (χ3v) is 5.36. The van der Waals surface area contributed by atoms with Crippen molar-refractivity contribution in [3.63, 3.8) is 0 Å². The molecule has 0 saturated carbocycles. The first kappa shape index (κ1) is 19.5. The van der Waals surface area contributed by atoms with E-state index in [1.54, 1.807) is 54.6 Å². The van der Waals surface area contributed by atoms with Crippen LogP contribution in [0.5, 0.6) is 0 Å². The highest BCUT2D eigenvalue weighted by molar-refractivity contribution is 7.92. The van der Waals surface area contributed by atoms with Crippen molar-refractivity contribution in [1.82, 2.24) is 0 Å². The quantitative estimate of drug-likeness (QED) is 0.777. The maximum absolute atomic E-state index is 12.4. The van der Waals surface area contributed by atoms with E-state index in [1.807, 2.05) is 0 Å². The van der Waals surface area contributed by atoms with Gasteiger partial charge in [0.15, 0.2) is 0 Å². The molecule has 8 heteroatoms. The van der Waals surface area contributed by atoms with Gasteiger partial charge in [-0.05, 0) is 30.3 Å². The van der Waals surface area contributed by atoms with E-state index < -0.39 is 15.9 Å². The lowest BCUT2D eigenvalue weighted by molar-refractivity contribution is -0.116. The van der Waals surface area contributed by atoms with Crippen molar-refractivity contribution < 1.29 is 18.0 Å². The molecule has 2 N–H and O–H groups in total. The minimum Gasteiger partial charge on any atom is -0.326 e. The maximum atomic E-state index is 12.4. The molecule has 2 aromatic rings. The summed E-state index contributed by atoms with van der Waals surface area (Å²) in [7, 11) is -2.15. The summed E-state index contributed by atoms with van der Waals surface area (Å²) in [6.45, 7) is 1.39. The molecule has 0 spiro atoms. The molecule has 7 nitrogen and oxygen atoms in total. The van der Waals surface area contributed by atoms with E-state index in [0.29, 0.717) is 17.1 Å². The Morgan fingerprint density at radius 2 is 1.58 bits per heavy atom. The van der Waals surface area contributed by atoms with Crippen LogP contribution in [-0.4, -0.2) is 33.0 Å². The summed E-state index contributed by atoms with van der Waals surface area (Å²) in [6, 6.07) is 15.3. The number of hydrogen-bond acceptors (Lipinski definition) is 4. The van der Waals surface area contributed by atoms with Crippen LogP contribution in [0.15, 0.2) is 54.6 Å². The van der Waals surface area contributed by atoms with E-state index in [0.717, 1.165) is 4.31 Å². The van der Waals surface area contributed by atoms with Crippen LogP contribution >= 0.6 is 0 Å². The molecule has 0 aromatic heterocycles. The summed E-state index contributed by atoms with van der Waals surface area (Å²) >= 11 is 0. The Morgan fingerprint density at radius 3 is 2.19 bits per heavy atom. The van der Waals surface area contributed by atoms with E-state index in [1.165, 1.54) is 14.0 Å². The zero-order valence-corrected chi connectivity index (χ0v) is 15.4. The van der Waals surface area contributed by atoms with Crippen LogP contribution in [0.3, 0.4) is 0 Å². The van der Waals surface area contributed by atoms with Crippen LogP contribution in [-0.2, 0) is 19.6 Å². The molecule has 138 valence electrons. The fraction of sp³-hybridized carbons (Fsp3) is 0.222. The first-order valence-electron chi connectivity index (χ1n) is 7.97. The number of nitrogens with one attached hydrogen (secondary N) is 2. The monoisotopic (exact) mass is 375 g/mol. The minimum atomic E-state index is -3.61. The highest BCUT2D eigenvalue weighted by Crippen LogP contribution is 2.17. The van der Waals surface area contributed by atoms with Gasteiger partial charge in [-0.15, -0.1) is 0 Å². The molecule has 2 amide bonds. The number of sulfonamides is 1. The van der Waals surface area contributed by atoms with Crippen LogP contribution in [0.25, 0.3) is 0 Å². The molecular formula is C18H21N3O4S. The summed E-state index contributed by atoms with van der Waals surface area (Å²) in [5.41, 5.74) is 1.57. The van der Waals surface area contributed by atoms with Crippen molar-refractivity contribution in [2.75, 3.05) is 27.7 Å². The Kier molecular flexibility index (Phi) is 6.35. The Hall–Kier alpha value is -2.87. The third-order valence-electron chi connectivity index (χ3n) is 3.59. The van der Waals surface area contributed by atoms with Crippen molar-refractivity contribution in [1.29, 1.82) is 0 Å². The second-order valence-corrected chi connectivity index (χ2v) is 7.80. The Bertz CT molecular complexity index is 882. The first-order chi connectivity index (χ1) is 12.3. The molecule has 2 aromatic carbocycles. The van der Waals surface area contributed by atoms with Gasteiger partial charge in [-0.2, -0.15) is 0 Å². The van der Waals surface area contributed by atoms with Crippen molar-refractivity contribution in [2.45, 2.75) is 13.3 Å². The van der Waals surface area contributed by atoms with Crippen LogP contribution in [0.1, 0.15) is 13.3 Å². The number of rotatable bonds is 7. The fourth-order valence-electron chi connectivity index (χ4n) is 2.26. The molecule has 0 heterocycles. The summed E-state index contributed by atoms with van der Waals surface area (Å²) < 4.78 is 25.9. The molecule has 0 aliphatic rings. The van der Waals surface area contributed by atoms with Crippen molar-refractivity contribution in [3.05, 3.63) is 54.6 Å². The predicted octanol–water partition coefficient (Wildman–Crippen LogP) is 2.44. The van der Waals surface area contributed by atoms with E-state index in [9.17, 15) is 18.0 Å². The molecule has 0 fully saturated rings. The summed E-state index contributed by atoms with van der Waals surface area (Å²) in [6.07, 6.45) is -0.177. The van der Waals surface area contributed by atoms with E-state index >= 15 is 0 Å². The normalized spacial score (nSPS) is 10.8. The number of benzene rings is 2. The largest absolute Gasteiger partial charge is 0.326 e. The van der Waals surface area contributed by atoms with Crippen LogP contribution in [0, 0.1) is 0 Å². The molecule has 26 heavy (non-hydrogen) atoms. The second kappa shape index (κ2) is 8.48. The van der Waals surface area contributed by atoms with Crippen LogP contribution < -0.4 is 14.9 Å². The topological polar surface area (TPSA) is 95.6 Å². The Balaban J connectivity index is 1.95. The van der Waals surface area contributed by atoms with Crippen molar-refractivity contribution in [2.24, 2.45) is 0 Å². The van der Waals surface area contributed by atoms with Gasteiger partial charge in [0.25, 0.3) is 0 Å². The number of para-hydroxylation sites is 1. The number of anilines is 3. The fourth-order valence-corrected chi connectivity index (χ4v) is 3.42. The molecule has 0 bridgehead atoms. The number of carbonyl (C=O) groups is 2. The number of hydrogen-bond donors (Lipinski definition) is 2. The molecule has 2 rings (SSSR count). The predicted molar refractivity (Wildman–Crippen MR) is 103 cm³/mol. The molecule has 0 aliphatic carbocycles. The van der Waals surface area contributed by atoms with Gasteiger partial charge in [-0.1, -0.05) is 24.3 Å². The zero-order chi connectivity index (χ0) is 19.2. The lowest BCUT2D eigenvalue weighted by Gasteiger charge is -2.19. The third kappa shape index (κ3) is 5.59. The second-order valence-electron chi connectivity index (χ2n) is 5.68. The molecule has 0 saturated heterocycles. The molecular weight excluding hydrogens is 354 g/mol. The smallest absolute Gasteiger partial charge is 0.235 e. The average Bonchev–Trinajstić information content (AvgIpc) is 2.60. The molecule has 0 atom stereocenters. The van der Waals surface area contributed by atoms with Gasteiger partial charge in [-0.25, -0.2) is 8.42 Å². The van der Waals surface area contributed by atoms with Gasteiger partial charge in [0, 0.05) is 31.8 Å². The number of carbonyl (C=O) groups excluding carboxylic acids is 2. The Morgan fingerprint density at radius 1 is 0.962 bits per heavy atom. The summed E-state index contributed by atoms with van der Waals surface area (Å²) in [5, 5.41) is 5.25. The van der Waals surface area contributed by atoms with Crippen LogP contribution in [0.2, 0.25) is 0 Å². The lowest BCUT2D eigenvalue weighted by atomic mass is 10.2. The van der Waals surface area contributed by atoms with E-state index in [2.05, 4.69) is 10.6 Å². The maximum Gasteiger partial charge on any atom is 0.235 e. The summed E-state index contributed by atoms with van der Waals surface area (Å²) in [5.74, 6) is -0.950. The molecule has 0 aliphatic heterocycles. The zero-order valence-electron chi connectivity index (χ0n) is 14.6. The highest BCUT2D eigenvalue weighted by Gasteiger charge is 2.19. The van der Waals surface area contributed by atoms with Gasteiger partial charge in [0.05, 0.1) is 11.4 Å². The molecule has 0 radical (unpaired) electrons. The van der Waals surface area contributed by atoms with Gasteiger partial charge in [-0.3, -0.25) is 13.9 Å². The number of amides is 2. The first-order valence-corrected chi connectivity index (χ1v) is 9.58. The van der Waals surface area contributed by atoms with Gasteiger partial charge in [0.2, 0.25) is 21.8 Å². The summed E-state index contributed by atoms with van der Waals surface area (Å²) in [4.78, 5) is 23.1. The van der Waals surface area contributed by atoms with Crippen LogP contribution in [0.4, 0.5) is 17.1 Å². The SMILES string of the molecule is CC(=O)Nc1cccc(NC(=O)CCS(=O)(=O)N(C)c2ccccc2)c1. The minimum absolute atomic E-state index is 0.177. The lowest BCUT2D eigenvalue weighted by Crippen LogP contribution is -2.30. The van der Waals surface area contributed by atoms with Gasteiger partial charge < -0.3 is 10.6 Å². The number of nitrogens with zero attached hydrogens (tertiary/aromatic N) is 1. The van der Waals surface area contributed by atoms with Gasteiger partial charge in [0.1, 0.15) is 0 Å².